The van der Waals surface area contributed by atoms with Gasteiger partial charge in [-0.1, -0.05) is 18.2 Å². The van der Waals surface area contributed by atoms with Gasteiger partial charge < -0.3 is 20.1 Å². The standard InChI is InChI=1S/C18H18N2O4/c21-16-7-6-14(24-13-4-2-1-3-5-13)12-15(16)18(23)20-10-8-17(22)19-9-11-20/h1-7,12,21H,8-11H2,(H,19,22). The van der Waals surface area contributed by atoms with Crippen molar-refractivity contribution in [2.75, 3.05) is 19.6 Å². The number of amides is 2. The maximum atomic E-state index is 12.7. The van der Waals surface area contributed by atoms with Gasteiger partial charge in [0.1, 0.15) is 17.2 Å². The van der Waals surface area contributed by atoms with Crippen LogP contribution in [0.4, 0.5) is 0 Å². The van der Waals surface area contributed by atoms with Crippen molar-refractivity contribution in [2.45, 2.75) is 6.42 Å². The van der Waals surface area contributed by atoms with Crippen molar-refractivity contribution in [1.29, 1.82) is 0 Å². The van der Waals surface area contributed by atoms with Gasteiger partial charge in [-0.15, -0.1) is 0 Å². The molecule has 3 rings (SSSR count). The summed E-state index contributed by atoms with van der Waals surface area (Å²) in [6.45, 7) is 1.15. The topological polar surface area (TPSA) is 78.9 Å². The first-order valence-electron chi connectivity index (χ1n) is 7.75. The van der Waals surface area contributed by atoms with E-state index in [1.54, 1.807) is 23.1 Å². The van der Waals surface area contributed by atoms with Crippen molar-refractivity contribution < 1.29 is 19.4 Å². The minimum atomic E-state index is -0.317. The molecule has 124 valence electrons. The number of nitrogens with one attached hydrogen (secondary N) is 1. The Hall–Kier alpha value is -3.02. The SMILES string of the molecule is O=C1CCN(C(=O)c2cc(Oc3ccccc3)ccc2O)CCN1. The Labute approximate surface area is 139 Å². The van der Waals surface area contributed by atoms with E-state index in [0.29, 0.717) is 31.1 Å². The van der Waals surface area contributed by atoms with Crippen LogP contribution in [0.25, 0.3) is 0 Å². The molecule has 0 aliphatic carbocycles. The van der Waals surface area contributed by atoms with Crippen LogP contribution in [-0.2, 0) is 4.79 Å². The molecule has 0 bridgehead atoms. The first kappa shape index (κ1) is 15.9. The highest BCUT2D eigenvalue weighted by atomic mass is 16.5. The van der Waals surface area contributed by atoms with Crippen LogP contribution in [-0.4, -0.2) is 41.5 Å². The molecule has 2 N–H and O–H groups in total. The van der Waals surface area contributed by atoms with Gasteiger partial charge in [-0.05, 0) is 30.3 Å². The summed E-state index contributed by atoms with van der Waals surface area (Å²) in [5.41, 5.74) is 0.165. The Kier molecular flexibility index (Phi) is 4.65. The molecule has 1 heterocycles. The molecule has 0 spiro atoms. The number of hydrogen-bond acceptors (Lipinski definition) is 4. The number of carbonyl (C=O) groups excluding carboxylic acids is 2. The van der Waals surface area contributed by atoms with Gasteiger partial charge in [0.25, 0.3) is 5.91 Å². The fourth-order valence-corrected chi connectivity index (χ4v) is 2.51. The molecule has 1 fully saturated rings. The lowest BCUT2D eigenvalue weighted by molar-refractivity contribution is -0.120. The number of para-hydroxylation sites is 1. The van der Waals surface area contributed by atoms with Crippen LogP contribution in [0, 0.1) is 0 Å². The fourth-order valence-electron chi connectivity index (χ4n) is 2.51. The van der Waals surface area contributed by atoms with Crippen LogP contribution in [0.2, 0.25) is 0 Å². The van der Waals surface area contributed by atoms with E-state index in [0.717, 1.165) is 0 Å². The van der Waals surface area contributed by atoms with Gasteiger partial charge in [0.2, 0.25) is 5.91 Å². The van der Waals surface area contributed by atoms with Crippen LogP contribution >= 0.6 is 0 Å². The zero-order valence-corrected chi connectivity index (χ0v) is 13.1. The molecule has 6 heteroatoms. The van der Waals surface area contributed by atoms with Gasteiger partial charge >= 0.3 is 0 Å². The number of ether oxygens (including phenoxy) is 1. The first-order valence-corrected chi connectivity index (χ1v) is 7.75. The second-order valence-electron chi connectivity index (χ2n) is 5.49. The highest BCUT2D eigenvalue weighted by Gasteiger charge is 2.22. The number of aromatic hydroxyl groups is 1. The summed E-state index contributed by atoms with van der Waals surface area (Å²) < 4.78 is 5.70. The normalized spacial score (nSPS) is 14.7. The average molecular weight is 326 g/mol. The van der Waals surface area contributed by atoms with E-state index in [9.17, 15) is 14.7 Å². The molecule has 0 radical (unpaired) electrons. The summed E-state index contributed by atoms with van der Waals surface area (Å²) in [6.07, 6.45) is 0.257. The van der Waals surface area contributed by atoms with Crippen molar-refractivity contribution in [2.24, 2.45) is 0 Å². The Balaban J connectivity index is 1.80. The van der Waals surface area contributed by atoms with Crippen molar-refractivity contribution in [1.82, 2.24) is 10.2 Å². The maximum Gasteiger partial charge on any atom is 0.257 e. The molecule has 0 aromatic heterocycles. The third kappa shape index (κ3) is 3.65. The number of nitrogens with zero attached hydrogens (tertiary/aromatic N) is 1. The molecule has 1 aliphatic heterocycles. The predicted molar refractivity (Wildman–Crippen MR) is 88.2 cm³/mol. The fraction of sp³-hybridized carbons (Fsp3) is 0.222. The molecule has 2 aromatic rings. The van der Waals surface area contributed by atoms with Crippen LogP contribution in [0.15, 0.2) is 48.5 Å². The Morgan fingerprint density at radius 1 is 1.08 bits per heavy atom. The summed E-state index contributed by atoms with van der Waals surface area (Å²) in [5, 5.41) is 12.8. The molecule has 1 saturated heterocycles. The lowest BCUT2D eigenvalue weighted by Gasteiger charge is -2.20. The Morgan fingerprint density at radius 3 is 2.67 bits per heavy atom. The lowest BCUT2D eigenvalue weighted by Crippen LogP contribution is -2.34. The first-order chi connectivity index (χ1) is 11.6. The molecule has 0 atom stereocenters. The number of hydrogen-bond donors (Lipinski definition) is 2. The van der Waals surface area contributed by atoms with Gasteiger partial charge in [-0.2, -0.15) is 0 Å². The van der Waals surface area contributed by atoms with Crippen molar-refractivity contribution in [3.63, 3.8) is 0 Å². The van der Waals surface area contributed by atoms with Gasteiger partial charge in [0, 0.05) is 26.1 Å². The summed E-state index contributed by atoms with van der Waals surface area (Å²) in [6, 6.07) is 13.8. The van der Waals surface area contributed by atoms with Crippen LogP contribution in [0.5, 0.6) is 17.2 Å². The predicted octanol–water partition coefficient (Wildman–Crippen LogP) is 2.15. The van der Waals surface area contributed by atoms with Gasteiger partial charge in [0.15, 0.2) is 0 Å². The van der Waals surface area contributed by atoms with Gasteiger partial charge in [0.05, 0.1) is 5.56 Å². The van der Waals surface area contributed by atoms with Crippen molar-refractivity contribution in [3.05, 3.63) is 54.1 Å². The number of phenols is 1. The van der Waals surface area contributed by atoms with E-state index in [1.807, 2.05) is 18.2 Å². The second-order valence-corrected chi connectivity index (χ2v) is 5.49. The summed E-state index contributed by atoms with van der Waals surface area (Å²) in [5.74, 6) is 0.611. The van der Waals surface area contributed by atoms with E-state index in [2.05, 4.69) is 5.32 Å². The van der Waals surface area contributed by atoms with Gasteiger partial charge in [-0.25, -0.2) is 0 Å². The second kappa shape index (κ2) is 7.04. The van der Waals surface area contributed by atoms with E-state index in [1.165, 1.54) is 12.1 Å². The van der Waals surface area contributed by atoms with Crippen molar-refractivity contribution >= 4 is 11.8 Å². The van der Waals surface area contributed by atoms with E-state index in [4.69, 9.17) is 4.74 Å². The average Bonchev–Trinajstić information content (AvgIpc) is 2.81. The minimum absolute atomic E-state index is 0.0734. The molecule has 2 amide bonds. The monoisotopic (exact) mass is 326 g/mol. The van der Waals surface area contributed by atoms with Gasteiger partial charge in [-0.3, -0.25) is 9.59 Å². The zero-order valence-electron chi connectivity index (χ0n) is 13.1. The van der Waals surface area contributed by atoms with Crippen molar-refractivity contribution in [3.8, 4) is 17.2 Å². The van der Waals surface area contributed by atoms with Crippen LogP contribution < -0.4 is 10.1 Å². The Bertz CT molecular complexity index is 746. The summed E-state index contributed by atoms with van der Waals surface area (Å²) >= 11 is 0. The molecule has 0 saturated carbocycles. The third-order valence-corrected chi connectivity index (χ3v) is 3.78. The van der Waals surface area contributed by atoms with E-state index >= 15 is 0 Å². The van der Waals surface area contributed by atoms with Crippen LogP contribution in [0.3, 0.4) is 0 Å². The molecule has 24 heavy (non-hydrogen) atoms. The molecular weight excluding hydrogens is 308 g/mol. The molecule has 1 aliphatic rings. The van der Waals surface area contributed by atoms with Crippen LogP contribution in [0.1, 0.15) is 16.8 Å². The lowest BCUT2D eigenvalue weighted by atomic mass is 10.1. The number of benzene rings is 2. The summed E-state index contributed by atoms with van der Waals surface area (Å²) in [7, 11) is 0. The third-order valence-electron chi connectivity index (χ3n) is 3.78. The minimum Gasteiger partial charge on any atom is -0.507 e. The summed E-state index contributed by atoms with van der Waals surface area (Å²) in [4.78, 5) is 25.6. The molecule has 2 aromatic carbocycles. The zero-order chi connectivity index (χ0) is 16.9. The molecule has 0 unspecified atom stereocenters. The number of phenolic OH excluding ortho intramolecular Hbond substituents is 1. The smallest absolute Gasteiger partial charge is 0.257 e. The van der Waals surface area contributed by atoms with E-state index in [-0.39, 0.29) is 29.5 Å². The largest absolute Gasteiger partial charge is 0.507 e. The quantitative estimate of drug-likeness (QED) is 0.906. The molecule has 6 nitrogen and oxygen atoms in total. The van der Waals surface area contributed by atoms with E-state index < -0.39 is 0 Å². The maximum absolute atomic E-state index is 12.7. The Morgan fingerprint density at radius 2 is 1.88 bits per heavy atom. The molecular formula is C18H18N2O4. The highest BCUT2D eigenvalue weighted by molar-refractivity contribution is 5.97. The highest BCUT2D eigenvalue weighted by Crippen LogP contribution is 2.28. The number of rotatable bonds is 3. The number of carbonyl (C=O) groups is 2.